The minimum atomic E-state index is -1.33. The first-order valence-corrected chi connectivity index (χ1v) is 11.1. The van der Waals surface area contributed by atoms with E-state index in [0.717, 1.165) is 11.3 Å². The molecule has 5 rings (SSSR count). The zero-order valence-corrected chi connectivity index (χ0v) is 18.3. The van der Waals surface area contributed by atoms with Crippen molar-refractivity contribution in [2.75, 3.05) is 6.61 Å². The van der Waals surface area contributed by atoms with Crippen molar-refractivity contribution in [3.05, 3.63) is 53.0 Å². The molecule has 1 fully saturated rings. The third kappa shape index (κ3) is 3.99. The van der Waals surface area contributed by atoms with Gasteiger partial charge < -0.3 is 25.2 Å². The Hall–Kier alpha value is -2.94. The summed E-state index contributed by atoms with van der Waals surface area (Å²) in [5, 5.41) is 59.5. The number of aromatic hydroxyl groups is 1. The molecular formula is C19H18ClN7O5S. The van der Waals surface area contributed by atoms with Gasteiger partial charge in [0.25, 0.3) is 5.19 Å². The number of halogens is 1. The van der Waals surface area contributed by atoms with Gasteiger partial charge in [0.1, 0.15) is 48.2 Å². The van der Waals surface area contributed by atoms with Crippen molar-refractivity contribution in [2.45, 2.75) is 30.5 Å². The van der Waals surface area contributed by atoms with Crippen molar-refractivity contribution in [1.82, 2.24) is 34.7 Å². The molecule has 0 radical (unpaired) electrons. The van der Waals surface area contributed by atoms with Gasteiger partial charge in [0, 0.05) is 16.1 Å². The second-order valence-corrected chi connectivity index (χ2v) is 8.66. The average Bonchev–Trinajstić information content (AvgIpc) is 3.55. The van der Waals surface area contributed by atoms with Crippen molar-refractivity contribution in [3.63, 3.8) is 0 Å². The molecule has 14 heteroatoms. The van der Waals surface area contributed by atoms with Crippen LogP contribution in [-0.2, 0) is 4.74 Å². The van der Waals surface area contributed by atoms with Crippen molar-refractivity contribution in [3.8, 4) is 22.3 Å². The number of nitrogens with zero attached hydrogens (tertiary/aromatic N) is 7. The lowest BCUT2D eigenvalue weighted by Crippen LogP contribution is -2.53. The Morgan fingerprint density at radius 2 is 2.00 bits per heavy atom. The zero-order chi connectivity index (χ0) is 23.1. The fraction of sp³-hybridized carbons (Fsp3) is 0.316. The quantitative estimate of drug-likeness (QED) is 0.313. The number of aromatic nitrogens is 7. The molecule has 4 heterocycles. The minimum Gasteiger partial charge on any atom is -0.486 e. The van der Waals surface area contributed by atoms with Gasteiger partial charge in [0.15, 0.2) is 5.82 Å². The maximum Gasteiger partial charge on any atom is 0.271 e. The van der Waals surface area contributed by atoms with Crippen LogP contribution in [-0.4, -0.2) is 80.1 Å². The first kappa shape index (κ1) is 21.9. The van der Waals surface area contributed by atoms with Crippen LogP contribution in [0.2, 0.25) is 5.02 Å². The van der Waals surface area contributed by atoms with E-state index in [-0.39, 0.29) is 11.0 Å². The van der Waals surface area contributed by atoms with Crippen LogP contribution in [0.1, 0.15) is 18.0 Å². The van der Waals surface area contributed by atoms with Gasteiger partial charge in [-0.15, -0.1) is 15.3 Å². The standard InChI is InChI=1S/C19H18ClN7O5S/c20-9-2-1-3-10(4-9)26-8-21-24-18(26)17-16(30)14(15(29)13(6-28)32-17)27-5-11(23-25-27)12-7-33-19(31)22-12/h1-5,7-8,13-17,28-30H,6H2,(H,22,31)/t13-,14+,15+,16-,17-/m1/s1. The van der Waals surface area contributed by atoms with E-state index in [9.17, 15) is 20.4 Å². The molecule has 4 N–H and O–H groups in total. The molecule has 3 aromatic heterocycles. The average molecular weight is 492 g/mol. The van der Waals surface area contributed by atoms with Gasteiger partial charge in [0.05, 0.1) is 12.8 Å². The molecule has 12 nitrogen and oxygen atoms in total. The highest BCUT2D eigenvalue weighted by molar-refractivity contribution is 7.11. The Kier molecular flexibility index (Phi) is 5.82. The van der Waals surface area contributed by atoms with Crippen LogP contribution >= 0.6 is 22.9 Å². The van der Waals surface area contributed by atoms with Gasteiger partial charge in [-0.1, -0.05) is 34.2 Å². The number of aliphatic hydroxyl groups is 3. The van der Waals surface area contributed by atoms with Crippen molar-refractivity contribution in [2.24, 2.45) is 0 Å². The van der Waals surface area contributed by atoms with Crippen molar-refractivity contribution in [1.29, 1.82) is 0 Å². The SMILES string of the molecule is OC[C@H]1O[C@@H](c2nncn2-c2cccc(Cl)c2)[C@H](O)[C@@H](n2cc(-c3csc(O)n3)nn2)[C@H]1O. The first-order chi connectivity index (χ1) is 16.0. The number of thiazole rings is 1. The van der Waals surface area contributed by atoms with Gasteiger partial charge in [-0.3, -0.25) is 4.57 Å². The Morgan fingerprint density at radius 1 is 1.15 bits per heavy atom. The fourth-order valence-corrected chi connectivity index (χ4v) is 4.54. The predicted molar refractivity (Wildman–Crippen MR) is 115 cm³/mol. The molecule has 0 saturated carbocycles. The number of hydrogen-bond donors (Lipinski definition) is 4. The smallest absolute Gasteiger partial charge is 0.271 e. The van der Waals surface area contributed by atoms with Crippen LogP contribution in [0.15, 0.2) is 42.2 Å². The molecule has 33 heavy (non-hydrogen) atoms. The van der Waals surface area contributed by atoms with Gasteiger partial charge in [0.2, 0.25) is 0 Å². The fourth-order valence-electron chi connectivity index (χ4n) is 3.81. The molecule has 1 aliphatic rings. The lowest BCUT2D eigenvalue weighted by atomic mass is 9.92. The number of ether oxygens (including phenoxy) is 1. The second kappa shape index (κ2) is 8.78. The summed E-state index contributed by atoms with van der Waals surface area (Å²) in [4.78, 5) is 3.95. The lowest BCUT2D eigenvalue weighted by molar-refractivity contribution is -0.210. The summed E-state index contributed by atoms with van der Waals surface area (Å²) in [6.45, 7) is -0.506. The van der Waals surface area contributed by atoms with Gasteiger partial charge in [-0.25, -0.2) is 9.67 Å². The second-order valence-electron chi connectivity index (χ2n) is 7.39. The number of aliphatic hydroxyl groups excluding tert-OH is 3. The maximum absolute atomic E-state index is 11.2. The molecule has 0 bridgehead atoms. The third-order valence-corrected chi connectivity index (χ3v) is 6.26. The molecule has 0 spiro atoms. The molecule has 0 unspecified atom stereocenters. The van der Waals surface area contributed by atoms with E-state index >= 15 is 0 Å². The summed E-state index contributed by atoms with van der Waals surface area (Å²) >= 11 is 7.15. The summed E-state index contributed by atoms with van der Waals surface area (Å²) in [7, 11) is 0. The summed E-state index contributed by atoms with van der Waals surface area (Å²) < 4.78 is 8.73. The topological polar surface area (TPSA) is 164 Å². The van der Waals surface area contributed by atoms with Crippen LogP contribution in [0.3, 0.4) is 0 Å². The normalized spacial score (nSPS) is 25.4. The molecule has 1 saturated heterocycles. The van der Waals surface area contributed by atoms with Crippen molar-refractivity contribution >= 4 is 22.9 Å². The van der Waals surface area contributed by atoms with E-state index in [2.05, 4.69) is 25.5 Å². The molecule has 172 valence electrons. The molecule has 1 aromatic carbocycles. The predicted octanol–water partition coefficient (Wildman–Crippen LogP) is 0.737. The molecule has 0 amide bonds. The summed E-state index contributed by atoms with van der Waals surface area (Å²) in [5.41, 5.74) is 1.39. The number of benzene rings is 1. The van der Waals surface area contributed by atoms with E-state index in [1.54, 1.807) is 34.2 Å². The molecular weight excluding hydrogens is 474 g/mol. The minimum absolute atomic E-state index is 0.119. The van der Waals surface area contributed by atoms with E-state index in [1.165, 1.54) is 17.2 Å². The highest BCUT2D eigenvalue weighted by Gasteiger charge is 2.48. The molecule has 0 aliphatic carbocycles. The molecule has 4 aromatic rings. The van der Waals surface area contributed by atoms with Crippen LogP contribution in [0, 0.1) is 0 Å². The van der Waals surface area contributed by atoms with Crippen molar-refractivity contribution < 1.29 is 25.2 Å². The zero-order valence-electron chi connectivity index (χ0n) is 16.7. The first-order valence-electron chi connectivity index (χ1n) is 9.81. The highest BCUT2D eigenvalue weighted by atomic mass is 35.5. The van der Waals surface area contributed by atoms with Gasteiger partial charge in [-0.05, 0) is 18.2 Å². The lowest BCUT2D eigenvalue weighted by Gasteiger charge is -2.41. The number of hydrogen-bond acceptors (Lipinski definition) is 11. The molecule has 1 aliphatic heterocycles. The largest absolute Gasteiger partial charge is 0.486 e. The Morgan fingerprint density at radius 3 is 2.73 bits per heavy atom. The van der Waals surface area contributed by atoms with E-state index in [1.807, 2.05) is 0 Å². The Labute approximate surface area is 195 Å². The molecule has 5 atom stereocenters. The van der Waals surface area contributed by atoms with Crippen LogP contribution in [0.25, 0.3) is 17.1 Å². The van der Waals surface area contributed by atoms with Gasteiger partial charge in [-0.2, -0.15) is 0 Å². The van der Waals surface area contributed by atoms with E-state index in [4.69, 9.17) is 16.3 Å². The van der Waals surface area contributed by atoms with Crippen LogP contribution in [0.5, 0.6) is 5.19 Å². The summed E-state index contributed by atoms with van der Waals surface area (Å²) in [6.07, 6.45) is -1.79. The highest BCUT2D eigenvalue weighted by Crippen LogP contribution is 2.38. The Balaban J connectivity index is 1.51. The third-order valence-electron chi connectivity index (χ3n) is 5.38. The van der Waals surface area contributed by atoms with Crippen LogP contribution in [0.4, 0.5) is 0 Å². The maximum atomic E-state index is 11.2. The van der Waals surface area contributed by atoms with Crippen LogP contribution < -0.4 is 0 Å². The summed E-state index contributed by atoms with van der Waals surface area (Å²) in [5.74, 6) is 0.255. The van der Waals surface area contributed by atoms with E-state index in [0.29, 0.717) is 22.1 Å². The van der Waals surface area contributed by atoms with E-state index < -0.39 is 37.1 Å². The Bertz CT molecular complexity index is 1260. The monoisotopic (exact) mass is 491 g/mol. The van der Waals surface area contributed by atoms with Gasteiger partial charge >= 0.3 is 0 Å². The summed E-state index contributed by atoms with van der Waals surface area (Å²) in [6, 6.07) is 5.94. The number of rotatable bonds is 5.